The molecule has 7 rings (SSSR count). The van der Waals surface area contributed by atoms with Crippen molar-refractivity contribution in [3.05, 3.63) is 136 Å². The number of urea groups is 1. The Morgan fingerprint density at radius 1 is 0.791 bits per heavy atom. The zero-order valence-electron chi connectivity index (χ0n) is 22.6. The number of aromatic nitrogens is 2. The van der Waals surface area contributed by atoms with E-state index in [9.17, 15) is 14.4 Å². The molecule has 0 fully saturated rings. The molecule has 0 aliphatic carbocycles. The number of anilines is 5. The Morgan fingerprint density at radius 3 is 2.23 bits per heavy atom. The molecule has 1 aromatic heterocycles. The highest BCUT2D eigenvalue weighted by Crippen LogP contribution is 2.39. The molecular formula is C33H23BrN6O3. The summed E-state index contributed by atoms with van der Waals surface area (Å²) in [5.41, 5.74) is 4.29. The van der Waals surface area contributed by atoms with Crippen molar-refractivity contribution in [3.8, 4) is 0 Å². The van der Waals surface area contributed by atoms with Gasteiger partial charge in [0, 0.05) is 21.9 Å². The molecule has 9 nitrogen and oxygen atoms in total. The maximum absolute atomic E-state index is 14.3. The fraction of sp³-hybridized carbons (Fsp3) is 0.0606. The lowest BCUT2D eigenvalue weighted by Crippen LogP contribution is -2.45. The van der Waals surface area contributed by atoms with Gasteiger partial charge in [-0.2, -0.15) is 4.98 Å². The molecule has 0 spiro atoms. The molecular weight excluding hydrogens is 608 g/mol. The van der Waals surface area contributed by atoms with Gasteiger partial charge in [-0.3, -0.25) is 19.4 Å². The summed E-state index contributed by atoms with van der Waals surface area (Å²) < 4.78 is 0.773. The van der Waals surface area contributed by atoms with Gasteiger partial charge in [0.15, 0.2) is 5.82 Å². The summed E-state index contributed by atoms with van der Waals surface area (Å²) in [4.78, 5) is 54.1. The van der Waals surface area contributed by atoms with Crippen molar-refractivity contribution in [1.82, 2.24) is 14.9 Å². The van der Waals surface area contributed by atoms with Crippen LogP contribution in [0.5, 0.6) is 0 Å². The van der Waals surface area contributed by atoms with Crippen LogP contribution in [0.4, 0.5) is 33.6 Å². The molecule has 210 valence electrons. The minimum absolute atomic E-state index is 0.0631. The van der Waals surface area contributed by atoms with Crippen molar-refractivity contribution >= 4 is 62.6 Å². The number of hydrogen-bond acceptors (Lipinski definition) is 6. The van der Waals surface area contributed by atoms with Crippen LogP contribution in [0.1, 0.15) is 31.8 Å². The molecule has 2 aliphatic rings. The maximum Gasteiger partial charge on any atom is 0.335 e. The zero-order valence-corrected chi connectivity index (χ0v) is 24.2. The van der Waals surface area contributed by atoms with Crippen LogP contribution in [-0.4, -0.2) is 32.7 Å². The number of rotatable bonds is 6. The molecule has 2 aliphatic heterocycles. The summed E-state index contributed by atoms with van der Waals surface area (Å²) in [6.45, 7) is 0.335. The minimum Gasteiger partial charge on any atom is -0.324 e. The van der Waals surface area contributed by atoms with Crippen LogP contribution < -0.4 is 15.1 Å². The fourth-order valence-corrected chi connectivity index (χ4v) is 5.81. The largest absolute Gasteiger partial charge is 0.335 e. The fourth-order valence-electron chi connectivity index (χ4n) is 5.31. The SMILES string of the molecule is O=C1c2ccccc2C(=O)N1Cc1cccc(N2C(=O)N(c3ccccc3Br)Cc3cnc(Nc4ccccc4)nc32)c1. The number of halogens is 1. The number of imide groups is 1. The molecule has 5 aromatic rings. The first-order chi connectivity index (χ1) is 21.0. The average Bonchev–Trinajstić information content (AvgIpc) is 3.27. The number of nitrogens with one attached hydrogen (secondary N) is 1. The van der Waals surface area contributed by atoms with E-state index in [0.717, 1.165) is 15.7 Å². The minimum atomic E-state index is -0.338. The summed E-state index contributed by atoms with van der Waals surface area (Å²) in [5.74, 6) is 0.114. The molecule has 0 saturated carbocycles. The van der Waals surface area contributed by atoms with Crippen molar-refractivity contribution in [1.29, 1.82) is 0 Å². The normalized spacial score (nSPS) is 14.2. The molecule has 4 amide bonds. The first-order valence-corrected chi connectivity index (χ1v) is 14.4. The summed E-state index contributed by atoms with van der Waals surface area (Å²) in [6.07, 6.45) is 1.72. The van der Waals surface area contributed by atoms with Crippen LogP contribution in [0, 0.1) is 0 Å². The van der Waals surface area contributed by atoms with Gasteiger partial charge in [0.1, 0.15) is 0 Å². The van der Waals surface area contributed by atoms with Crippen LogP contribution >= 0.6 is 15.9 Å². The van der Waals surface area contributed by atoms with Crippen molar-refractivity contribution in [3.63, 3.8) is 0 Å². The Morgan fingerprint density at radius 2 is 1.49 bits per heavy atom. The standard InChI is InChI=1S/C33H23BrN6O3/c34-27-15-6-7-16-28(27)38-20-22-18-35-32(36-23-10-2-1-3-11-23)37-29(22)40(33(38)43)24-12-8-9-21(17-24)19-39-30(41)25-13-4-5-14-26(25)31(39)42/h1-18H,19-20H2,(H,35,36,37). The van der Waals surface area contributed by atoms with Crippen LogP contribution in [0.2, 0.25) is 0 Å². The average molecular weight is 631 g/mol. The van der Waals surface area contributed by atoms with Gasteiger partial charge in [0.05, 0.1) is 35.6 Å². The molecule has 0 radical (unpaired) electrons. The predicted molar refractivity (Wildman–Crippen MR) is 167 cm³/mol. The Bertz CT molecular complexity index is 1880. The quantitative estimate of drug-likeness (QED) is 0.202. The number of para-hydroxylation sites is 2. The van der Waals surface area contributed by atoms with Gasteiger partial charge in [-0.25, -0.2) is 14.7 Å². The van der Waals surface area contributed by atoms with E-state index < -0.39 is 0 Å². The van der Waals surface area contributed by atoms with Crippen LogP contribution in [0.3, 0.4) is 0 Å². The third-order valence-corrected chi connectivity index (χ3v) is 8.04. The van der Waals surface area contributed by atoms with E-state index >= 15 is 0 Å². The topological polar surface area (TPSA) is 98.7 Å². The van der Waals surface area contributed by atoms with Crippen molar-refractivity contribution in [2.45, 2.75) is 13.1 Å². The lowest BCUT2D eigenvalue weighted by Gasteiger charge is -2.36. The van der Waals surface area contributed by atoms with Gasteiger partial charge in [-0.05, 0) is 70.0 Å². The Labute approximate surface area is 255 Å². The molecule has 0 saturated heterocycles. The van der Waals surface area contributed by atoms with Crippen LogP contribution in [0.25, 0.3) is 0 Å². The summed E-state index contributed by atoms with van der Waals surface area (Å²) >= 11 is 3.59. The first-order valence-electron chi connectivity index (χ1n) is 13.6. The Kier molecular flexibility index (Phi) is 6.67. The van der Waals surface area contributed by atoms with E-state index in [-0.39, 0.29) is 30.9 Å². The van der Waals surface area contributed by atoms with E-state index in [1.54, 1.807) is 52.4 Å². The van der Waals surface area contributed by atoms with Crippen molar-refractivity contribution in [2.75, 3.05) is 15.1 Å². The van der Waals surface area contributed by atoms with Crippen LogP contribution in [-0.2, 0) is 13.1 Å². The zero-order chi connectivity index (χ0) is 29.5. The van der Waals surface area contributed by atoms with Gasteiger partial charge in [-0.15, -0.1) is 0 Å². The molecule has 0 unspecified atom stereocenters. The molecule has 0 bridgehead atoms. The Balaban J connectivity index is 1.27. The highest BCUT2D eigenvalue weighted by Gasteiger charge is 2.37. The van der Waals surface area contributed by atoms with E-state index in [1.807, 2.05) is 66.7 Å². The Hall–Kier alpha value is -5.35. The van der Waals surface area contributed by atoms with E-state index in [2.05, 4.69) is 26.2 Å². The van der Waals surface area contributed by atoms with E-state index in [0.29, 0.717) is 39.8 Å². The van der Waals surface area contributed by atoms with E-state index in [1.165, 1.54) is 4.90 Å². The van der Waals surface area contributed by atoms with Gasteiger partial charge in [0.25, 0.3) is 11.8 Å². The number of nitrogens with zero attached hydrogens (tertiary/aromatic N) is 5. The summed E-state index contributed by atoms with van der Waals surface area (Å²) in [5, 5.41) is 3.21. The lowest BCUT2D eigenvalue weighted by atomic mass is 10.1. The third-order valence-electron chi connectivity index (χ3n) is 7.36. The molecule has 10 heteroatoms. The summed E-state index contributed by atoms with van der Waals surface area (Å²) in [6, 6.07) is 30.8. The second-order valence-corrected chi connectivity index (χ2v) is 11.0. The van der Waals surface area contributed by atoms with Crippen molar-refractivity contribution < 1.29 is 14.4 Å². The monoisotopic (exact) mass is 630 g/mol. The van der Waals surface area contributed by atoms with E-state index in [4.69, 9.17) is 4.98 Å². The number of fused-ring (bicyclic) bond motifs is 2. The third kappa shape index (κ3) is 4.81. The van der Waals surface area contributed by atoms with Crippen molar-refractivity contribution in [2.24, 2.45) is 0 Å². The van der Waals surface area contributed by atoms with Gasteiger partial charge in [0.2, 0.25) is 5.95 Å². The van der Waals surface area contributed by atoms with Gasteiger partial charge in [-0.1, -0.05) is 54.6 Å². The number of amides is 4. The number of carbonyl (C=O) groups is 3. The number of carbonyl (C=O) groups excluding carboxylic acids is 3. The number of benzene rings is 4. The number of hydrogen-bond donors (Lipinski definition) is 1. The predicted octanol–water partition coefficient (Wildman–Crippen LogP) is 7.06. The highest BCUT2D eigenvalue weighted by molar-refractivity contribution is 9.10. The van der Waals surface area contributed by atoms with Gasteiger partial charge < -0.3 is 5.32 Å². The lowest BCUT2D eigenvalue weighted by molar-refractivity contribution is 0.0642. The highest BCUT2D eigenvalue weighted by atomic mass is 79.9. The second-order valence-electron chi connectivity index (χ2n) is 10.1. The second kappa shape index (κ2) is 10.8. The van der Waals surface area contributed by atoms with Crippen LogP contribution in [0.15, 0.2) is 114 Å². The first kappa shape index (κ1) is 26.5. The molecule has 0 atom stereocenters. The maximum atomic E-state index is 14.3. The smallest absolute Gasteiger partial charge is 0.324 e. The van der Waals surface area contributed by atoms with Gasteiger partial charge >= 0.3 is 6.03 Å². The molecule has 3 heterocycles. The summed E-state index contributed by atoms with van der Waals surface area (Å²) in [7, 11) is 0. The molecule has 4 aromatic carbocycles. The molecule has 43 heavy (non-hydrogen) atoms. The molecule has 1 N–H and O–H groups in total.